The minimum atomic E-state index is -4.73. The second-order valence-corrected chi connectivity index (χ2v) is 6.02. The molecule has 1 aliphatic heterocycles. The largest absolute Gasteiger partial charge is 0.573 e. The van der Waals surface area contributed by atoms with Crippen molar-refractivity contribution in [2.24, 2.45) is 0 Å². The van der Waals surface area contributed by atoms with Crippen LogP contribution in [0.3, 0.4) is 0 Å². The van der Waals surface area contributed by atoms with Gasteiger partial charge in [-0.2, -0.15) is 0 Å². The van der Waals surface area contributed by atoms with Crippen LogP contribution in [0.25, 0.3) is 0 Å². The number of nitrogens with zero attached hydrogens (tertiary/aromatic N) is 2. The van der Waals surface area contributed by atoms with E-state index in [0.717, 1.165) is 0 Å². The highest BCUT2D eigenvalue weighted by molar-refractivity contribution is 5.87. The summed E-state index contributed by atoms with van der Waals surface area (Å²) in [5, 5.41) is 2.63. The van der Waals surface area contributed by atoms with Gasteiger partial charge in [0.2, 0.25) is 11.8 Å². The molecule has 1 saturated heterocycles. The summed E-state index contributed by atoms with van der Waals surface area (Å²) in [4.78, 5) is 27.2. The molecule has 2 rings (SSSR count). The molecule has 1 fully saturated rings. The summed E-state index contributed by atoms with van der Waals surface area (Å²) in [5.74, 6) is -0.674. The lowest BCUT2D eigenvalue weighted by molar-refractivity contribution is -0.274. The number of halogens is 3. The summed E-state index contributed by atoms with van der Waals surface area (Å²) >= 11 is 0. The number of benzene rings is 1. The topological polar surface area (TPSA) is 61.9 Å². The Labute approximate surface area is 149 Å². The molecule has 144 valence electrons. The molecule has 0 saturated carbocycles. The van der Waals surface area contributed by atoms with E-state index in [1.54, 1.807) is 11.0 Å². The van der Waals surface area contributed by atoms with E-state index in [-0.39, 0.29) is 17.6 Å². The maximum absolute atomic E-state index is 12.5. The predicted octanol–water partition coefficient (Wildman–Crippen LogP) is 2.15. The standard InChI is InChI=1S/C17H22F3N3O3/c1-3-15(21-12(2)24)16(25)23-9-7-22(8-10-23)13-5-4-6-14(11-13)26-17(18,19)20/h4-6,11,15H,3,7-10H2,1-2H3,(H,21,24)/t15-/m1/s1. The van der Waals surface area contributed by atoms with Crippen molar-refractivity contribution in [3.63, 3.8) is 0 Å². The lowest BCUT2D eigenvalue weighted by Crippen LogP contribution is -2.54. The van der Waals surface area contributed by atoms with E-state index < -0.39 is 12.4 Å². The second kappa shape index (κ2) is 8.29. The molecule has 1 atom stereocenters. The second-order valence-electron chi connectivity index (χ2n) is 6.02. The van der Waals surface area contributed by atoms with Crippen molar-refractivity contribution in [3.8, 4) is 5.75 Å². The minimum absolute atomic E-state index is 0.142. The Hall–Kier alpha value is -2.45. The Morgan fingerprint density at radius 3 is 2.42 bits per heavy atom. The number of alkyl halides is 3. The van der Waals surface area contributed by atoms with Gasteiger partial charge in [0.25, 0.3) is 0 Å². The number of anilines is 1. The summed E-state index contributed by atoms with van der Waals surface area (Å²) < 4.78 is 41.0. The van der Waals surface area contributed by atoms with Crippen molar-refractivity contribution < 1.29 is 27.5 Å². The van der Waals surface area contributed by atoms with Crippen molar-refractivity contribution in [2.75, 3.05) is 31.1 Å². The first-order valence-electron chi connectivity index (χ1n) is 8.36. The Balaban J connectivity index is 1.97. The summed E-state index contributed by atoms with van der Waals surface area (Å²) in [7, 11) is 0. The van der Waals surface area contributed by atoms with Crippen LogP contribution in [0, 0.1) is 0 Å². The number of hydrogen-bond acceptors (Lipinski definition) is 4. The highest BCUT2D eigenvalue weighted by Gasteiger charge is 2.31. The zero-order valence-corrected chi connectivity index (χ0v) is 14.7. The van der Waals surface area contributed by atoms with Crippen LogP contribution in [0.1, 0.15) is 20.3 Å². The third-order valence-electron chi connectivity index (χ3n) is 4.09. The van der Waals surface area contributed by atoms with Gasteiger partial charge in [0.1, 0.15) is 11.8 Å². The average molecular weight is 373 g/mol. The number of amides is 2. The van der Waals surface area contributed by atoms with Gasteiger partial charge in [-0.25, -0.2) is 0 Å². The highest BCUT2D eigenvalue weighted by atomic mass is 19.4. The summed E-state index contributed by atoms with van der Waals surface area (Å²) in [6.07, 6.45) is -4.24. The van der Waals surface area contributed by atoms with Crippen LogP contribution in [-0.4, -0.2) is 55.3 Å². The van der Waals surface area contributed by atoms with Crippen LogP contribution < -0.4 is 15.0 Å². The van der Waals surface area contributed by atoms with Crippen LogP contribution in [0.4, 0.5) is 18.9 Å². The fourth-order valence-electron chi connectivity index (χ4n) is 2.87. The number of ether oxygens (including phenoxy) is 1. The van der Waals surface area contributed by atoms with Gasteiger partial charge in [-0.15, -0.1) is 13.2 Å². The van der Waals surface area contributed by atoms with Gasteiger partial charge in [-0.1, -0.05) is 13.0 Å². The Bertz CT molecular complexity index is 644. The number of rotatable bonds is 5. The number of hydrogen-bond donors (Lipinski definition) is 1. The van der Waals surface area contributed by atoms with Crippen molar-refractivity contribution >= 4 is 17.5 Å². The van der Waals surface area contributed by atoms with Gasteiger partial charge < -0.3 is 19.9 Å². The van der Waals surface area contributed by atoms with E-state index in [9.17, 15) is 22.8 Å². The van der Waals surface area contributed by atoms with E-state index in [4.69, 9.17) is 0 Å². The zero-order valence-electron chi connectivity index (χ0n) is 14.7. The first kappa shape index (κ1) is 19.9. The van der Waals surface area contributed by atoms with Gasteiger partial charge in [-0.05, 0) is 18.6 Å². The van der Waals surface area contributed by atoms with Crippen LogP contribution in [0.15, 0.2) is 24.3 Å². The van der Waals surface area contributed by atoms with Crippen LogP contribution in [-0.2, 0) is 9.59 Å². The lowest BCUT2D eigenvalue weighted by atomic mass is 10.1. The van der Waals surface area contributed by atoms with E-state index in [1.807, 2.05) is 11.8 Å². The number of carbonyl (C=O) groups is 2. The molecule has 26 heavy (non-hydrogen) atoms. The molecule has 1 heterocycles. The maximum atomic E-state index is 12.5. The van der Waals surface area contributed by atoms with E-state index >= 15 is 0 Å². The number of nitrogens with one attached hydrogen (secondary N) is 1. The van der Waals surface area contributed by atoms with Crippen molar-refractivity contribution in [1.29, 1.82) is 0 Å². The smallest absolute Gasteiger partial charge is 0.406 e. The average Bonchev–Trinajstić information content (AvgIpc) is 2.58. The summed E-state index contributed by atoms with van der Waals surface area (Å²) in [5.41, 5.74) is 0.604. The third kappa shape index (κ3) is 5.53. The highest BCUT2D eigenvalue weighted by Crippen LogP contribution is 2.27. The van der Waals surface area contributed by atoms with Crippen molar-refractivity contribution in [3.05, 3.63) is 24.3 Å². The Morgan fingerprint density at radius 2 is 1.88 bits per heavy atom. The van der Waals surface area contributed by atoms with E-state index in [1.165, 1.54) is 25.1 Å². The number of carbonyl (C=O) groups excluding carboxylic acids is 2. The normalized spacial score (nSPS) is 16.2. The molecule has 1 aromatic carbocycles. The first-order valence-corrected chi connectivity index (χ1v) is 8.36. The lowest BCUT2D eigenvalue weighted by Gasteiger charge is -2.37. The molecule has 9 heteroatoms. The molecule has 0 bridgehead atoms. The molecule has 0 spiro atoms. The molecule has 0 aliphatic carbocycles. The van der Waals surface area contributed by atoms with Gasteiger partial charge in [0.05, 0.1) is 0 Å². The van der Waals surface area contributed by atoms with Crippen molar-refractivity contribution in [1.82, 2.24) is 10.2 Å². The quantitative estimate of drug-likeness (QED) is 0.859. The molecular weight excluding hydrogens is 351 g/mol. The van der Waals surface area contributed by atoms with Crippen LogP contribution in [0.5, 0.6) is 5.75 Å². The number of piperazine rings is 1. The fourth-order valence-corrected chi connectivity index (χ4v) is 2.87. The van der Waals surface area contributed by atoms with Crippen LogP contribution >= 0.6 is 0 Å². The molecule has 0 aromatic heterocycles. The van der Waals surface area contributed by atoms with Gasteiger partial charge in [0, 0.05) is 44.9 Å². The Kier molecular flexibility index (Phi) is 6.33. The molecule has 2 amide bonds. The molecule has 1 aliphatic rings. The minimum Gasteiger partial charge on any atom is -0.406 e. The molecule has 1 N–H and O–H groups in total. The molecule has 1 aromatic rings. The van der Waals surface area contributed by atoms with Gasteiger partial charge in [0.15, 0.2) is 0 Å². The predicted molar refractivity (Wildman–Crippen MR) is 89.8 cm³/mol. The third-order valence-corrected chi connectivity index (χ3v) is 4.09. The SMILES string of the molecule is CC[C@@H](NC(C)=O)C(=O)N1CCN(c2cccc(OC(F)(F)F)c2)CC1. The monoisotopic (exact) mass is 373 g/mol. The Morgan fingerprint density at radius 1 is 1.23 bits per heavy atom. The fraction of sp³-hybridized carbons (Fsp3) is 0.529. The molecular formula is C17H22F3N3O3. The van der Waals surface area contributed by atoms with E-state index in [2.05, 4.69) is 10.1 Å². The van der Waals surface area contributed by atoms with Gasteiger partial charge in [-0.3, -0.25) is 9.59 Å². The van der Waals surface area contributed by atoms with Gasteiger partial charge >= 0.3 is 6.36 Å². The van der Waals surface area contributed by atoms with Crippen LogP contribution in [0.2, 0.25) is 0 Å². The molecule has 6 nitrogen and oxygen atoms in total. The zero-order chi connectivity index (χ0) is 19.3. The summed E-state index contributed by atoms with van der Waals surface area (Å²) in [6.45, 7) is 5.01. The molecule has 0 radical (unpaired) electrons. The molecule has 0 unspecified atom stereocenters. The van der Waals surface area contributed by atoms with Crippen molar-refractivity contribution in [2.45, 2.75) is 32.7 Å². The summed E-state index contributed by atoms with van der Waals surface area (Å²) in [6, 6.07) is 5.22. The van der Waals surface area contributed by atoms with E-state index in [0.29, 0.717) is 38.3 Å². The maximum Gasteiger partial charge on any atom is 0.573 e. The first-order chi connectivity index (χ1) is 12.2.